The molecular weight excluding hydrogens is 301 g/mol. The predicted molar refractivity (Wildman–Crippen MR) is 76.2 cm³/mol. The van der Waals surface area contributed by atoms with Crippen molar-refractivity contribution in [1.29, 1.82) is 0 Å². The van der Waals surface area contributed by atoms with E-state index in [1.807, 2.05) is 6.07 Å². The zero-order valence-corrected chi connectivity index (χ0v) is 12.3. The van der Waals surface area contributed by atoms with Crippen molar-refractivity contribution < 1.29 is 14.3 Å². The lowest BCUT2D eigenvalue weighted by Crippen LogP contribution is -2.43. The molecule has 6 heteroatoms. The number of amides is 1. The Kier molecular flexibility index (Phi) is 4.17. The summed E-state index contributed by atoms with van der Waals surface area (Å²) >= 11 is 12.2. The van der Waals surface area contributed by atoms with Gasteiger partial charge in [0.2, 0.25) is 0 Å². The van der Waals surface area contributed by atoms with Gasteiger partial charge >= 0.3 is 0 Å². The third-order valence-electron chi connectivity index (χ3n) is 3.72. The first-order chi connectivity index (χ1) is 9.66. The molecule has 0 spiro atoms. The highest BCUT2D eigenvalue weighted by Crippen LogP contribution is 2.39. The Balaban J connectivity index is 1.72. The second kappa shape index (κ2) is 5.90. The van der Waals surface area contributed by atoms with Crippen molar-refractivity contribution >= 4 is 29.1 Å². The van der Waals surface area contributed by atoms with Crippen LogP contribution in [0.1, 0.15) is 23.6 Å². The Bertz CT molecular complexity index is 529. The molecule has 1 aromatic carbocycles. The first kappa shape index (κ1) is 14.1. The lowest BCUT2D eigenvalue weighted by molar-refractivity contribution is -0.148. The van der Waals surface area contributed by atoms with E-state index < -0.39 is 6.10 Å². The van der Waals surface area contributed by atoms with Gasteiger partial charge in [-0.25, -0.2) is 0 Å². The van der Waals surface area contributed by atoms with E-state index in [0.717, 1.165) is 24.0 Å². The van der Waals surface area contributed by atoms with Crippen LogP contribution in [0, 0.1) is 0 Å². The maximum Gasteiger partial charge on any atom is 0.252 e. The molecule has 1 N–H and O–H groups in total. The molecule has 1 fully saturated rings. The highest BCUT2D eigenvalue weighted by atomic mass is 35.5. The molecule has 0 unspecified atom stereocenters. The summed E-state index contributed by atoms with van der Waals surface area (Å²) in [6, 6.07) is 3.67. The zero-order chi connectivity index (χ0) is 14.1. The summed E-state index contributed by atoms with van der Waals surface area (Å²) in [5.74, 6) is -0.131. The molecule has 3 rings (SSSR count). The number of hydrogen-bond acceptors (Lipinski definition) is 3. The van der Waals surface area contributed by atoms with Crippen molar-refractivity contribution in [2.24, 2.45) is 0 Å². The monoisotopic (exact) mass is 315 g/mol. The minimum atomic E-state index is -0.518. The molecule has 4 nitrogen and oxygen atoms in total. The highest BCUT2D eigenvalue weighted by molar-refractivity contribution is 6.42. The summed E-state index contributed by atoms with van der Waals surface area (Å²) in [7, 11) is 0. The Labute approximate surface area is 127 Å². The first-order valence-electron chi connectivity index (χ1n) is 6.63. The fourth-order valence-electron chi connectivity index (χ4n) is 2.69. The van der Waals surface area contributed by atoms with Gasteiger partial charge in [-0.3, -0.25) is 4.79 Å². The number of carbonyl (C=O) groups excluding carboxylic acids is 1. The number of ether oxygens (including phenoxy) is 2. The van der Waals surface area contributed by atoms with Crippen LogP contribution in [-0.4, -0.2) is 31.8 Å². The second-order valence-corrected chi connectivity index (χ2v) is 5.75. The molecule has 2 atom stereocenters. The third-order valence-corrected chi connectivity index (χ3v) is 4.56. The van der Waals surface area contributed by atoms with E-state index in [4.69, 9.17) is 32.7 Å². The summed E-state index contributed by atoms with van der Waals surface area (Å²) in [6.07, 6.45) is 1.13. The van der Waals surface area contributed by atoms with Crippen LogP contribution in [0.15, 0.2) is 12.1 Å². The minimum absolute atomic E-state index is 0.0298. The van der Waals surface area contributed by atoms with Crippen LogP contribution in [0.3, 0.4) is 0 Å². The SMILES string of the molecule is O=C(N[C@H]1CCc2c1ccc(Cl)c2Cl)[C@@H]1COCCO1. The Morgan fingerprint density at radius 3 is 2.90 bits per heavy atom. The zero-order valence-electron chi connectivity index (χ0n) is 10.8. The average Bonchev–Trinajstić information content (AvgIpc) is 2.87. The molecule has 1 aliphatic carbocycles. The number of hydrogen-bond donors (Lipinski definition) is 1. The molecule has 0 bridgehead atoms. The first-order valence-corrected chi connectivity index (χ1v) is 7.39. The van der Waals surface area contributed by atoms with Crippen LogP contribution in [0.5, 0.6) is 0 Å². The van der Waals surface area contributed by atoms with Gasteiger partial charge in [0.25, 0.3) is 5.91 Å². The van der Waals surface area contributed by atoms with Crippen molar-refractivity contribution in [2.45, 2.75) is 25.0 Å². The van der Waals surface area contributed by atoms with Gasteiger partial charge in [-0.05, 0) is 30.0 Å². The number of fused-ring (bicyclic) bond motifs is 1. The van der Waals surface area contributed by atoms with Gasteiger partial charge in [0, 0.05) is 0 Å². The van der Waals surface area contributed by atoms with Gasteiger partial charge in [-0.15, -0.1) is 0 Å². The molecule has 0 saturated carbocycles. The van der Waals surface area contributed by atoms with Crippen molar-refractivity contribution in [3.63, 3.8) is 0 Å². The van der Waals surface area contributed by atoms with Crippen molar-refractivity contribution in [3.8, 4) is 0 Å². The molecule has 2 aliphatic rings. The average molecular weight is 316 g/mol. The van der Waals surface area contributed by atoms with Crippen molar-refractivity contribution in [3.05, 3.63) is 33.3 Å². The standard InChI is InChI=1S/C14H15Cl2NO3/c15-10-3-1-8-9(13(10)16)2-4-11(8)17-14(18)12-7-19-5-6-20-12/h1,3,11-12H,2,4-7H2,(H,17,18)/t11-,12-/m0/s1. The molecule has 1 aromatic rings. The van der Waals surface area contributed by atoms with E-state index in [0.29, 0.717) is 29.9 Å². The third kappa shape index (κ3) is 2.66. The van der Waals surface area contributed by atoms with Crippen molar-refractivity contribution in [2.75, 3.05) is 19.8 Å². The fraction of sp³-hybridized carbons (Fsp3) is 0.500. The van der Waals surface area contributed by atoms with E-state index in [9.17, 15) is 4.79 Å². The quantitative estimate of drug-likeness (QED) is 0.912. The maximum absolute atomic E-state index is 12.1. The topological polar surface area (TPSA) is 47.6 Å². The van der Waals surface area contributed by atoms with E-state index in [1.165, 1.54) is 0 Å². The molecule has 0 aromatic heterocycles. The number of rotatable bonds is 2. The van der Waals surface area contributed by atoms with Crippen LogP contribution >= 0.6 is 23.2 Å². The summed E-state index contributed by atoms with van der Waals surface area (Å²) in [5, 5.41) is 4.16. The molecule has 1 saturated heterocycles. The van der Waals surface area contributed by atoms with Gasteiger partial charge in [0.15, 0.2) is 6.10 Å². The molecule has 20 heavy (non-hydrogen) atoms. The smallest absolute Gasteiger partial charge is 0.252 e. The number of benzene rings is 1. The minimum Gasteiger partial charge on any atom is -0.376 e. The molecular formula is C14H15Cl2NO3. The number of nitrogens with one attached hydrogen (secondary N) is 1. The Morgan fingerprint density at radius 2 is 2.15 bits per heavy atom. The molecule has 0 radical (unpaired) electrons. The molecule has 1 amide bonds. The lowest BCUT2D eigenvalue weighted by atomic mass is 10.1. The van der Waals surface area contributed by atoms with E-state index in [1.54, 1.807) is 6.07 Å². The van der Waals surface area contributed by atoms with Crippen LogP contribution in [0.4, 0.5) is 0 Å². The van der Waals surface area contributed by atoms with Gasteiger partial charge in [0.1, 0.15) is 0 Å². The summed E-state index contributed by atoms with van der Waals surface area (Å²) in [4.78, 5) is 12.1. The Hall–Kier alpha value is -0.810. The van der Waals surface area contributed by atoms with E-state index in [2.05, 4.69) is 5.32 Å². The molecule has 1 aliphatic heterocycles. The predicted octanol–water partition coefficient (Wildman–Crippen LogP) is 2.51. The number of carbonyl (C=O) groups is 1. The molecule has 1 heterocycles. The van der Waals surface area contributed by atoms with Gasteiger partial charge in [-0.2, -0.15) is 0 Å². The molecule has 108 valence electrons. The van der Waals surface area contributed by atoms with E-state index >= 15 is 0 Å². The van der Waals surface area contributed by atoms with Gasteiger partial charge < -0.3 is 14.8 Å². The fourth-order valence-corrected chi connectivity index (χ4v) is 3.13. The highest BCUT2D eigenvalue weighted by Gasteiger charge is 2.30. The van der Waals surface area contributed by atoms with Gasteiger partial charge in [0.05, 0.1) is 35.9 Å². The second-order valence-electron chi connectivity index (χ2n) is 4.96. The summed E-state index contributed by atoms with van der Waals surface area (Å²) in [5.41, 5.74) is 2.08. The van der Waals surface area contributed by atoms with Crippen LogP contribution < -0.4 is 5.32 Å². The Morgan fingerprint density at radius 1 is 1.30 bits per heavy atom. The number of halogens is 2. The van der Waals surface area contributed by atoms with Crippen LogP contribution in [0.2, 0.25) is 10.0 Å². The van der Waals surface area contributed by atoms with E-state index in [-0.39, 0.29) is 11.9 Å². The largest absolute Gasteiger partial charge is 0.376 e. The normalized spacial score (nSPS) is 25.3. The van der Waals surface area contributed by atoms with Gasteiger partial charge in [-0.1, -0.05) is 29.3 Å². The maximum atomic E-state index is 12.1. The van der Waals surface area contributed by atoms with Crippen molar-refractivity contribution in [1.82, 2.24) is 5.32 Å². The van der Waals surface area contributed by atoms with Crippen LogP contribution in [-0.2, 0) is 20.7 Å². The lowest BCUT2D eigenvalue weighted by Gasteiger charge is -2.24. The summed E-state index contributed by atoms with van der Waals surface area (Å²) < 4.78 is 10.6. The summed E-state index contributed by atoms with van der Waals surface area (Å²) in [6.45, 7) is 1.32. The van der Waals surface area contributed by atoms with Crippen LogP contribution in [0.25, 0.3) is 0 Å².